The molecule has 1 atom stereocenters. The maximum Gasteiger partial charge on any atom is 0.317 e. The van der Waals surface area contributed by atoms with E-state index in [-0.39, 0.29) is 12.6 Å². The first-order chi connectivity index (χ1) is 9.41. The number of nitrogens with one attached hydrogen (secondary N) is 2. The van der Waals surface area contributed by atoms with Gasteiger partial charge in [0, 0.05) is 25.8 Å². The molecule has 112 valence electrons. The van der Waals surface area contributed by atoms with E-state index in [2.05, 4.69) is 15.5 Å². The van der Waals surface area contributed by atoms with E-state index in [1.54, 1.807) is 20.2 Å². The van der Waals surface area contributed by atoms with Crippen molar-refractivity contribution in [2.45, 2.75) is 26.7 Å². The first-order valence-electron chi connectivity index (χ1n) is 6.62. The average molecular weight is 282 g/mol. The summed E-state index contributed by atoms with van der Waals surface area (Å²) in [5.41, 5.74) is 2.19. The highest BCUT2D eigenvalue weighted by Gasteiger charge is 2.16. The second kappa shape index (κ2) is 7.52. The molecule has 7 heteroatoms. The maximum absolute atomic E-state index is 11.7. The van der Waals surface area contributed by atoms with Gasteiger partial charge >= 0.3 is 12.0 Å². The quantitative estimate of drug-likeness (QED) is 0.650. The summed E-state index contributed by atoms with van der Waals surface area (Å²) in [6, 6.07) is -0.248. The number of urea groups is 1. The van der Waals surface area contributed by atoms with E-state index in [1.807, 2.05) is 6.92 Å². The molecule has 0 radical (unpaired) electrons. The van der Waals surface area contributed by atoms with Crippen LogP contribution in [0.25, 0.3) is 0 Å². The highest BCUT2D eigenvalue weighted by molar-refractivity contribution is 5.75. The van der Waals surface area contributed by atoms with E-state index in [0.717, 1.165) is 24.1 Å². The minimum Gasteiger partial charge on any atom is -0.481 e. The van der Waals surface area contributed by atoms with Gasteiger partial charge in [-0.2, -0.15) is 5.10 Å². The zero-order valence-electron chi connectivity index (χ0n) is 12.1. The van der Waals surface area contributed by atoms with E-state index >= 15 is 0 Å². The molecule has 0 bridgehead atoms. The Morgan fingerprint density at radius 3 is 2.80 bits per heavy atom. The van der Waals surface area contributed by atoms with E-state index in [4.69, 9.17) is 5.11 Å². The molecule has 1 rings (SSSR count). The molecule has 0 fully saturated rings. The number of carbonyl (C=O) groups excluding carboxylic acids is 1. The van der Waals surface area contributed by atoms with Crippen molar-refractivity contribution in [2.24, 2.45) is 5.92 Å². The molecule has 1 heterocycles. The summed E-state index contributed by atoms with van der Waals surface area (Å²) in [4.78, 5) is 23.8. The molecule has 3 N–H and O–H groups in total. The first kappa shape index (κ1) is 16.0. The first-order valence-corrected chi connectivity index (χ1v) is 6.62. The lowest BCUT2D eigenvalue weighted by Gasteiger charge is -2.19. The molecule has 0 aromatic carbocycles. The van der Waals surface area contributed by atoms with Crippen molar-refractivity contribution in [3.05, 3.63) is 17.5 Å². The summed E-state index contributed by atoms with van der Waals surface area (Å²) in [7, 11) is 1.59. The van der Waals surface area contributed by atoms with E-state index in [9.17, 15) is 9.59 Å². The average Bonchev–Trinajstić information content (AvgIpc) is 2.79. The Labute approximate surface area is 118 Å². The molecule has 7 nitrogen and oxygen atoms in total. The number of carboxylic acids is 1. The summed E-state index contributed by atoms with van der Waals surface area (Å²) in [5, 5.41) is 18.4. The predicted octanol–water partition coefficient (Wildman–Crippen LogP) is 1.01. The van der Waals surface area contributed by atoms with Gasteiger partial charge in [-0.05, 0) is 25.3 Å². The van der Waals surface area contributed by atoms with Crippen molar-refractivity contribution >= 4 is 12.0 Å². The largest absolute Gasteiger partial charge is 0.481 e. The summed E-state index contributed by atoms with van der Waals surface area (Å²) in [6.07, 6.45) is 3.45. The number of aromatic amines is 1. The zero-order valence-corrected chi connectivity index (χ0v) is 12.1. The molecule has 0 aliphatic rings. The summed E-state index contributed by atoms with van der Waals surface area (Å²) in [5.74, 6) is -1.47. The fourth-order valence-corrected chi connectivity index (χ4v) is 1.81. The van der Waals surface area contributed by atoms with Crippen LogP contribution in [0.2, 0.25) is 0 Å². The van der Waals surface area contributed by atoms with Gasteiger partial charge in [0.1, 0.15) is 0 Å². The van der Waals surface area contributed by atoms with Crippen molar-refractivity contribution in [1.29, 1.82) is 0 Å². The number of rotatable bonds is 7. The lowest BCUT2D eigenvalue weighted by Crippen LogP contribution is -2.41. The molecule has 1 aromatic heterocycles. The Bertz CT molecular complexity index is 458. The molecular formula is C13H22N4O3. The standard InChI is InChI=1S/C13H22N4O3/c1-9(12(18)19)8-17(3)13(20)14-6-4-5-11-7-15-16-10(11)2/h7,9H,4-6,8H2,1-3H3,(H,14,20)(H,15,16)(H,18,19). The van der Waals surface area contributed by atoms with Gasteiger partial charge in [-0.25, -0.2) is 4.79 Å². The fraction of sp³-hybridized carbons (Fsp3) is 0.615. The third kappa shape index (κ3) is 4.91. The number of nitrogens with zero attached hydrogens (tertiary/aromatic N) is 2. The van der Waals surface area contributed by atoms with Crippen LogP contribution in [0.3, 0.4) is 0 Å². The van der Waals surface area contributed by atoms with E-state index in [0.29, 0.717) is 6.54 Å². The van der Waals surface area contributed by atoms with Gasteiger partial charge in [-0.1, -0.05) is 6.92 Å². The van der Waals surface area contributed by atoms with Crippen molar-refractivity contribution in [1.82, 2.24) is 20.4 Å². The zero-order chi connectivity index (χ0) is 15.1. The van der Waals surface area contributed by atoms with Crippen LogP contribution in [0.15, 0.2) is 6.20 Å². The van der Waals surface area contributed by atoms with Crippen LogP contribution in [0.5, 0.6) is 0 Å². The molecule has 1 aromatic rings. The van der Waals surface area contributed by atoms with Crippen LogP contribution >= 0.6 is 0 Å². The van der Waals surface area contributed by atoms with Gasteiger partial charge in [0.25, 0.3) is 0 Å². The molecule has 0 saturated heterocycles. The number of aliphatic carboxylic acids is 1. The van der Waals surface area contributed by atoms with Crippen molar-refractivity contribution in [3.8, 4) is 0 Å². The van der Waals surface area contributed by atoms with Crippen molar-refractivity contribution < 1.29 is 14.7 Å². The number of hydrogen-bond acceptors (Lipinski definition) is 3. The van der Waals surface area contributed by atoms with Crippen LogP contribution in [0.1, 0.15) is 24.6 Å². The van der Waals surface area contributed by atoms with Crippen molar-refractivity contribution in [3.63, 3.8) is 0 Å². The third-order valence-electron chi connectivity index (χ3n) is 3.15. The van der Waals surface area contributed by atoms with Gasteiger partial charge in [0.05, 0.1) is 12.1 Å². The normalized spacial score (nSPS) is 11.9. The Morgan fingerprint density at radius 1 is 1.55 bits per heavy atom. The number of hydrogen-bond donors (Lipinski definition) is 3. The Hall–Kier alpha value is -2.05. The number of aromatic nitrogens is 2. The molecule has 0 aliphatic carbocycles. The third-order valence-corrected chi connectivity index (χ3v) is 3.15. The monoisotopic (exact) mass is 282 g/mol. The van der Waals surface area contributed by atoms with Gasteiger partial charge in [0.2, 0.25) is 0 Å². The second-order valence-electron chi connectivity index (χ2n) is 4.98. The SMILES string of the molecule is Cc1[nH]ncc1CCCNC(=O)N(C)CC(C)C(=O)O. The van der Waals surface area contributed by atoms with Gasteiger partial charge in [-0.3, -0.25) is 9.89 Å². The number of carbonyl (C=O) groups is 2. The maximum atomic E-state index is 11.7. The number of H-pyrrole nitrogens is 1. The van der Waals surface area contributed by atoms with Crippen LogP contribution in [0.4, 0.5) is 4.79 Å². The van der Waals surface area contributed by atoms with Gasteiger partial charge in [0.15, 0.2) is 0 Å². The summed E-state index contributed by atoms with van der Waals surface area (Å²) < 4.78 is 0. The van der Waals surface area contributed by atoms with E-state index < -0.39 is 11.9 Å². The highest BCUT2D eigenvalue weighted by atomic mass is 16.4. The summed E-state index contributed by atoms with van der Waals surface area (Å²) >= 11 is 0. The van der Waals surface area contributed by atoms with Crippen LogP contribution in [-0.4, -0.2) is 52.3 Å². The minimum absolute atomic E-state index is 0.196. The van der Waals surface area contributed by atoms with Crippen LogP contribution in [0, 0.1) is 12.8 Å². The summed E-state index contributed by atoms with van der Waals surface area (Å²) in [6.45, 7) is 4.28. The van der Waals surface area contributed by atoms with Crippen LogP contribution < -0.4 is 5.32 Å². The lowest BCUT2D eigenvalue weighted by molar-refractivity contribution is -0.141. The fourth-order valence-electron chi connectivity index (χ4n) is 1.81. The molecule has 0 spiro atoms. The Balaban J connectivity index is 2.22. The topological polar surface area (TPSA) is 98.3 Å². The number of amides is 2. The number of aryl methyl sites for hydroxylation is 2. The van der Waals surface area contributed by atoms with Crippen molar-refractivity contribution in [2.75, 3.05) is 20.1 Å². The Morgan fingerprint density at radius 2 is 2.25 bits per heavy atom. The molecule has 1 unspecified atom stereocenters. The molecule has 0 saturated carbocycles. The number of carboxylic acid groups (broad SMARTS) is 1. The molecule has 2 amide bonds. The smallest absolute Gasteiger partial charge is 0.317 e. The van der Waals surface area contributed by atoms with Crippen LogP contribution in [-0.2, 0) is 11.2 Å². The molecule has 20 heavy (non-hydrogen) atoms. The van der Waals surface area contributed by atoms with Gasteiger partial charge in [-0.15, -0.1) is 0 Å². The highest BCUT2D eigenvalue weighted by Crippen LogP contribution is 2.05. The molecular weight excluding hydrogens is 260 g/mol. The predicted molar refractivity (Wildman–Crippen MR) is 74.5 cm³/mol. The molecule has 0 aliphatic heterocycles. The van der Waals surface area contributed by atoms with Gasteiger partial charge < -0.3 is 15.3 Å². The lowest BCUT2D eigenvalue weighted by atomic mass is 10.1. The Kier molecular flexibility index (Phi) is 6.02. The van der Waals surface area contributed by atoms with E-state index in [1.165, 1.54) is 4.90 Å². The minimum atomic E-state index is -0.903. The second-order valence-corrected chi connectivity index (χ2v) is 4.98.